The molecule has 0 fully saturated rings. The molecule has 2 aromatic carbocycles. The Hall–Kier alpha value is -3.73. The zero-order valence-electron chi connectivity index (χ0n) is 16.4. The number of hydrogen-bond acceptors (Lipinski definition) is 8. The number of carbonyl (C=O) groups excluding carboxylic acids is 2. The van der Waals surface area contributed by atoms with E-state index in [1.54, 1.807) is 6.07 Å². The maximum Gasteiger partial charge on any atom is 0.337 e. The van der Waals surface area contributed by atoms with Crippen LogP contribution >= 0.6 is 11.8 Å². The molecule has 0 aliphatic rings. The van der Waals surface area contributed by atoms with E-state index in [0.29, 0.717) is 4.90 Å². The van der Waals surface area contributed by atoms with E-state index < -0.39 is 29.9 Å². The Morgan fingerprint density at radius 3 is 2.29 bits per heavy atom. The maximum absolute atomic E-state index is 11.9. The van der Waals surface area contributed by atoms with E-state index in [0.717, 1.165) is 11.8 Å². The lowest BCUT2D eigenvalue weighted by atomic mass is 10.1. The number of nitrogens with zero attached hydrogens (tertiary/aromatic N) is 2. The van der Waals surface area contributed by atoms with Gasteiger partial charge in [-0.1, -0.05) is 6.07 Å². The summed E-state index contributed by atoms with van der Waals surface area (Å²) in [4.78, 5) is 55.8. The summed E-state index contributed by atoms with van der Waals surface area (Å²) in [5.74, 6) is -3.39. The summed E-state index contributed by atoms with van der Waals surface area (Å²) in [6.07, 6.45) is 0. The van der Waals surface area contributed by atoms with Crippen LogP contribution in [0.2, 0.25) is 0 Å². The Kier molecular flexibility index (Phi) is 6.35. The summed E-state index contributed by atoms with van der Waals surface area (Å²) in [5, 5.41) is 21.5. The lowest BCUT2D eigenvalue weighted by molar-refractivity contribution is -0.144. The smallest absolute Gasteiger partial charge is 0.337 e. The average Bonchev–Trinajstić information content (AvgIpc) is 2.73. The zero-order chi connectivity index (χ0) is 22.7. The SMILES string of the molecule is COC(=O)C(CSc1ccc(C(=O)O)c2nc3cccc(C(=O)O)c3nc12)NC(C)=O. The van der Waals surface area contributed by atoms with E-state index in [1.165, 1.54) is 38.3 Å². The molecule has 0 aliphatic carbocycles. The van der Waals surface area contributed by atoms with Crippen molar-refractivity contribution in [2.75, 3.05) is 12.9 Å². The van der Waals surface area contributed by atoms with Crippen molar-refractivity contribution in [3.05, 3.63) is 41.5 Å². The summed E-state index contributed by atoms with van der Waals surface area (Å²) >= 11 is 1.13. The second kappa shape index (κ2) is 8.96. The number of aromatic carboxylic acids is 2. The minimum atomic E-state index is -1.21. The number of carboxylic acids is 2. The summed E-state index contributed by atoms with van der Waals surface area (Å²) in [6.45, 7) is 1.27. The van der Waals surface area contributed by atoms with Gasteiger partial charge in [0.2, 0.25) is 5.91 Å². The Bertz CT molecular complexity index is 1230. The molecule has 1 atom stereocenters. The lowest BCUT2D eigenvalue weighted by Gasteiger charge is -2.16. The predicted octanol–water partition coefficient (Wildman–Crippen LogP) is 1.95. The monoisotopic (exact) mass is 443 g/mol. The molecule has 31 heavy (non-hydrogen) atoms. The third-order valence-corrected chi connectivity index (χ3v) is 5.45. The van der Waals surface area contributed by atoms with Crippen molar-refractivity contribution in [3.8, 4) is 0 Å². The van der Waals surface area contributed by atoms with Crippen LogP contribution in [-0.2, 0) is 14.3 Å². The number of carboxylic acid groups (broad SMARTS) is 2. The quantitative estimate of drug-likeness (QED) is 0.280. The molecule has 1 heterocycles. The van der Waals surface area contributed by atoms with Crippen molar-refractivity contribution < 1.29 is 34.1 Å². The highest BCUT2D eigenvalue weighted by Gasteiger charge is 2.23. The van der Waals surface area contributed by atoms with Gasteiger partial charge in [-0.2, -0.15) is 0 Å². The first-order valence-corrected chi connectivity index (χ1v) is 9.89. The van der Waals surface area contributed by atoms with Crippen LogP contribution in [0.15, 0.2) is 35.2 Å². The molecular weight excluding hydrogens is 426 g/mol. The molecular formula is C20H17N3O7S. The van der Waals surface area contributed by atoms with Gasteiger partial charge in [0.1, 0.15) is 22.6 Å². The number of hydrogen-bond donors (Lipinski definition) is 3. The number of nitrogens with one attached hydrogen (secondary N) is 1. The van der Waals surface area contributed by atoms with Gasteiger partial charge in [-0.25, -0.2) is 24.4 Å². The van der Waals surface area contributed by atoms with Crippen LogP contribution in [0.4, 0.5) is 0 Å². The minimum Gasteiger partial charge on any atom is -0.478 e. The van der Waals surface area contributed by atoms with Crippen LogP contribution in [0, 0.1) is 0 Å². The number of ether oxygens (including phenoxy) is 1. The van der Waals surface area contributed by atoms with Gasteiger partial charge >= 0.3 is 17.9 Å². The van der Waals surface area contributed by atoms with Gasteiger partial charge in [0.25, 0.3) is 0 Å². The van der Waals surface area contributed by atoms with E-state index in [2.05, 4.69) is 15.3 Å². The molecule has 160 valence electrons. The Balaban J connectivity index is 2.15. The number of thioether (sulfide) groups is 1. The molecule has 1 amide bonds. The Morgan fingerprint density at radius 1 is 1.00 bits per heavy atom. The number of rotatable bonds is 7. The fourth-order valence-corrected chi connectivity index (χ4v) is 3.95. The fraction of sp³-hybridized carbons (Fsp3) is 0.200. The van der Waals surface area contributed by atoms with Crippen molar-refractivity contribution in [2.24, 2.45) is 0 Å². The first-order valence-electron chi connectivity index (χ1n) is 8.90. The number of aromatic nitrogens is 2. The van der Waals surface area contributed by atoms with Crippen molar-refractivity contribution in [3.63, 3.8) is 0 Å². The van der Waals surface area contributed by atoms with E-state index in [1.807, 2.05) is 0 Å². The molecule has 1 unspecified atom stereocenters. The largest absolute Gasteiger partial charge is 0.478 e. The molecule has 1 aromatic heterocycles. The molecule has 0 aliphatic heterocycles. The van der Waals surface area contributed by atoms with Crippen LogP contribution in [-0.4, -0.2) is 62.9 Å². The van der Waals surface area contributed by atoms with E-state index in [9.17, 15) is 29.4 Å². The van der Waals surface area contributed by atoms with Crippen LogP contribution in [0.25, 0.3) is 22.1 Å². The standard InChI is InChI=1S/C20H17N3O7S/c1-9(24)21-13(20(29)30-2)8-31-14-7-6-11(19(27)28)16-17(14)23-15-10(18(25)26)4-3-5-12(15)22-16/h3-7,13H,8H2,1-2H3,(H,21,24)(H,25,26)(H,27,28). The highest BCUT2D eigenvalue weighted by atomic mass is 32.2. The summed E-state index contributed by atoms with van der Waals surface area (Å²) in [5.41, 5.74) is 0.440. The molecule has 11 heteroatoms. The number of methoxy groups -OCH3 is 1. The number of para-hydroxylation sites is 1. The number of amides is 1. The van der Waals surface area contributed by atoms with Crippen LogP contribution in [0.5, 0.6) is 0 Å². The predicted molar refractivity (Wildman–Crippen MR) is 111 cm³/mol. The molecule has 0 spiro atoms. The fourth-order valence-electron chi connectivity index (χ4n) is 2.94. The normalized spacial score (nSPS) is 11.8. The van der Waals surface area contributed by atoms with Gasteiger partial charge in [0, 0.05) is 17.6 Å². The molecule has 3 rings (SSSR count). The molecule has 10 nitrogen and oxygen atoms in total. The van der Waals surface area contributed by atoms with Gasteiger partial charge in [-0.05, 0) is 24.3 Å². The molecule has 0 bridgehead atoms. The van der Waals surface area contributed by atoms with Crippen molar-refractivity contribution in [1.82, 2.24) is 15.3 Å². The van der Waals surface area contributed by atoms with Gasteiger partial charge in [-0.15, -0.1) is 11.8 Å². The molecule has 0 saturated carbocycles. The van der Waals surface area contributed by atoms with Gasteiger partial charge in [-0.3, -0.25) is 4.79 Å². The van der Waals surface area contributed by atoms with Crippen LogP contribution in [0.1, 0.15) is 27.6 Å². The zero-order valence-corrected chi connectivity index (χ0v) is 17.2. The van der Waals surface area contributed by atoms with Gasteiger partial charge in [0.15, 0.2) is 0 Å². The third kappa shape index (κ3) is 4.56. The van der Waals surface area contributed by atoms with Crippen molar-refractivity contribution >= 4 is 57.6 Å². The number of fused-ring (bicyclic) bond motifs is 2. The minimum absolute atomic E-state index is 0.0748. The Morgan fingerprint density at radius 2 is 1.68 bits per heavy atom. The van der Waals surface area contributed by atoms with Gasteiger partial charge in [0.05, 0.1) is 23.8 Å². The number of esters is 1. The van der Waals surface area contributed by atoms with Gasteiger partial charge < -0.3 is 20.3 Å². The molecule has 0 radical (unpaired) electrons. The van der Waals surface area contributed by atoms with E-state index >= 15 is 0 Å². The molecule has 3 N–H and O–H groups in total. The van der Waals surface area contributed by atoms with E-state index in [-0.39, 0.29) is 38.9 Å². The highest BCUT2D eigenvalue weighted by molar-refractivity contribution is 7.99. The number of benzene rings is 2. The van der Waals surface area contributed by atoms with Crippen LogP contribution < -0.4 is 5.32 Å². The topological polar surface area (TPSA) is 156 Å². The summed E-state index contributed by atoms with van der Waals surface area (Å²) in [6, 6.07) is 6.35. The first-order chi connectivity index (χ1) is 14.7. The molecule has 0 saturated heterocycles. The average molecular weight is 443 g/mol. The highest BCUT2D eigenvalue weighted by Crippen LogP contribution is 2.31. The number of carbonyl (C=O) groups is 4. The Labute approximate surface area is 179 Å². The molecule has 3 aromatic rings. The summed E-state index contributed by atoms with van der Waals surface area (Å²) in [7, 11) is 1.20. The second-order valence-corrected chi connectivity index (χ2v) is 7.46. The van der Waals surface area contributed by atoms with E-state index in [4.69, 9.17) is 4.74 Å². The van der Waals surface area contributed by atoms with Crippen molar-refractivity contribution in [1.29, 1.82) is 0 Å². The lowest BCUT2D eigenvalue weighted by Crippen LogP contribution is -2.42. The van der Waals surface area contributed by atoms with Crippen LogP contribution in [0.3, 0.4) is 0 Å². The second-order valence-electron chi connectivity index (χ2n) is 6.40. The first kappa shape index (κ1) is 22.0. The third-order valence-electron chi connectivity index (χ3n) is 4.31. The summed E-state index contributed by atoms with van der Waals surface area (Å²) < 4.78 is 4.70. The van der Waals surface area contributed by atoms with Crippen molar-refractivity contribution in [2.45, 2.75) is 17.9 Å². The maximum atomic E-state index is 11.9.